The highest BCUT2D eigenvalue weighted by Crippen LogP contribution is 2.21. The molecule has 0 unspecified atom stereocenters. The molecule has 1 aliphatic heterocycles. The number of aliphatic hydroxyl groups is 2. The van der Waals surface area contributed by atoms with E-state index < -0.39 is 135 Å². The molecule has 21 nitrogen and oxygen atoms in total. The highest BCUT2D eigenvalue weighted by molar-refractivity contribution is 5.97. The van der Waals surface area contributed by atoms with Crippen LogP contribution in [0.15, 0.2) is 30.3 Å². The Morgan fingerprint density at radius 1 is 0.702 bits per heavy atom. The molecule has 1 aromatic rings. The van der Waals surface area contributed by atoms with Crippen molar-refractivity contribution in [3.05, 3.63) is 35.9 Å². The fourth-order valence-electron chi connectivity index (χ4n) is 5.97. The minimum atomic E-state index is -1.81. The molecule has 0 spiro atoms. The third-order valence-electron chi connectivity index (χ3n) is 8.97. The summed E-state index contributed by atoms with van der Waals surface area (Å²) in [6.45, 7) is 1.69. The number of carboxylic acids is 3. The monoisotopic (exact) mass is 807 g/mol. The second-order valence-electron chi connectivity index (χ2n) is 14.0. The molecule has 0 radical (unpaired) electrons. The Morgan fingerprint density at radius 3 is 1.70 bits per heavy atom. The number of carbonyl (C=O) groups excluding carboxylic acids is 6. The van der Waals surface area contributed by atoms with Crippen LogP contribution in [-0.4, -0.2) is 146 Å². The SMILES string of the molecule is CC(C)C[C@H](NC(=O)[C@@H](N)Cc1ccccc1)C(=O)N1CCC[C@H]1C(=O)N[C@@H](CCC(=O)O)C(=O)N[C@@H](CCC(=O)O)C(=O)N[C@@H](CO)C(=O)N[C@@H](CO)C(=O)O. The van der Waals surface area contributed by atoms with E-state index in [2.05, 4.69) is 21.3 Å². The largest absolute Gasteiger partial charge is 0.481 e. The van der Waals surface area contributed by atoms with Crippen LogP contribution in [0, 0.1) is 5.92 Å². The highest BCUT2D eigenvalue weighted by atomic mass is 16.4. The summed E-state index contributed by atoms with van der Waals surface area (Å²) in [5.74, 6) is -9.99. The van der Waals surface area contributed by atoms with Crippen molar-refractivity contribution >= 4 is 53.4 Å². The number of amides is 6. The van der Waals surface area contributed by atoms with Gasteiger partial charge in [0.15, 0.2) is 0 Å². The van der Waals surface area contributed by atoms with Crippen molar-refractivity contribution in [1.82, 2.24) is 31.5 Å². The van der Waals surface area contributed by atoms with Crippen LogP contribution < -0.4 is 32.3 Å². The van der Waals surface area contributed by atoms with Gasteiger partial charge in [0.05, 0.1) is 19.3 Å². The van der Waals surface area contributed by atoms with Crippen LogP contribution in [-0.2, 0) is 49.6 Å². The molecule has 12 N–H and O–H groups in total. The number of likely N-dealkylation sites (tertiary alicyclic amines) is 1. The number of carboxylic acid groups (broad SMARTS) is 3. The van der Waals surface area contributed by atoms with E-state index in [0.717, 1.165) is 5.56 Å². The first-order valence-corrected chi connectivity index (χ1v) is 18.4. The van der Waals surface area contributed by atoms with Gasteiger partial charge in [-0.3, -0.25) is 38.4 Å². The van der Waals surface area contributed by atoms with E-state index in [4.69, 9.17) is 10.8 Å². The zero-order valence-electron chi connectivity index (χ0n) is 31.7. The summed E-state index contributed by atoms with van der Waals surface area (Å²) in [7, 11) is 0. The number of hydrogen-bond acceptors (Lipinski definition) is 12. The Morgan fingerprint density at radius 2 is 1.19 bits per heavy atom. The average Bonchev–Trinajstić information content (AvgIpc) is 3.65. The van der Waals surface area contributed by atoms with Crippen molar-refractivity contribution < 1.29 is 68.7 Å². The molecular formula is C36H53N7O14. The molecule has 2 rings (SSSR count). The molecule has 1 saturated heterocycles. The van der Waals surface area contributed by atoms with Gasteiger partial charge in [-0.15, -0.1) is 0 Å². The predicted molar refractivity (Wildman–Crippen MR) is 198 cm³/mol. The maximum atomic E-state index is 13.9. The number of nitrogens with two attached hydrogens (primary N) is 1. The van der Waals surface area contributed by atoms with Crippen molar-refractivity contribution in [3.63, 3.8) is 0 Å². The van der Waals surface area contributed by atoms with Crippen LogP contribution in [0.3, 0.4) is 0 Å². The summed E-state index contributed by atoms with van der Waals surface area (Å²) in [5, 5.41) is 57.9. The van der Waals surface area contributed by atoms with Gasteiger partial charge in [0, 0.05) is 19.4 Å². The molecule has 1 heterocycles. The lowest BCUT2D eigenvalue weighted by atomic mass is 10.0. The molecule has 7 atom stereocenters. The highest BCUT2D eigenvalue weighted by Gasteiger charge is 2.40. The summed E-state index contributed by atoms with van der Waals surface area (Å²) >= 11 is 0. The fraction of sp³-hybridized carbons (Fsp3) is 0.583. The molecule has 0 saturated carbocycles. The van der Waals surface area contributed by atoms with Crippen molar-refractivity contribution in [2.75, 3.05) is 19.8 Å². The lowest BCUT2D eigenvalue weighted by Crippen LogP contribution is -2.60. The molecule has 57 heavy (non-hydrogen) atoms. The maximum absolute atomic E-state index is 13.9. The second-order valence-corrected chi connectivity index (χ2v) is 14.0. The van der Waals surface area contributed by atoms with Crippen LogP contribution in [0.25, 0.3) is 0 Å². The van der Waals surface area contributed by atoms with E-state index in [9.17, 15) is 63.6 Å². The molecule has 0 bridgehead atoms. The van der Waals surface area contributed by atoms with Crippen LogP contribution in [0.5, 0.6) is 0 Å². The molecule has 0 aromatic heterocycles. The van der Waals surface area contributed by atoms with Gasteiger partial charge >= 0.3 is 17.9 Å². The van der Waals surface area contributed by atoms with Gasteiger partial charge in [0.1, 0.15) is 36.3 Å². The van der Waals surface area contributed by atoms with Crippen molar-refractivity contribution in [1.29, 1.82) is 0 Å². The zero-order chi connectivity index (χ0) is 42.8. The van der Waals surface area contributed by atoms with Crippen molar-refractivity contribution in [2.24, 2.45) is 11.7 Å². The quantitative estimate of drug-likeness (QED) is 0.0491. The van der Waals surface area contributed by atoms with Crippen molar-refractivity contribution in [3.8, 4) is 0 Å². The molecule has 21 heteroatoms. The number of nitrogens with one attached hydrogen (secondary N) is 5. The summed E-state index contributed by atoms with van der Waals surface area (Å²) in [5.41, 5.74) is 6.97. The Labute approximate surface area is 328 Å². The Bertz CT molecular complexity index is 1590. The number of benzene rings is 1. The van der Waals surface area contributed by atoms with Gasteiger partial charge in [-0.2, -0.15) is 0 Å². The smallest absolute Gasteiger partial charge is 0.328 e. The number of nitrogens with zero attached hydrogens (tertiary/aromatic N) is 1. The molecule has 6 amide bonds. The first-order valence-electron chi connectivity index (χ1n) is 18.4. The number of carbonyl (C=O) groups is 9. The second kappa shape index (κ2) is 23.4. The van der Waals surface area contributed by atoms with Crippen LogP contribution >= 0.6 is 0 Å². The van der Waals surface area contributed by atoms with Gasteiger partial charge in [0.25, 0.3) is 0 Å². The minimum Gasteiger partial charge on any atom is -0.481 e. The first-order chi connectivity index (χ1) is 26.9. The van der Waals surface area contributed by atoms with Crippen molar-refractivity contribution in [2.45, 2.75) is 108 Å². The first kappa shape index (κ1) is 47.5. The summed E-state index contributed by atoms with van der Waals surface area (Å²) < 4.78 is 0. The van der Waals surface area contributed by atoms with Gasteiger partial charge in [-0.05, 0) is 50.0 Å². The van der Waals surface area contributed by atoms with E-state index in [-0.39, 0.29) is 31.7 Å². The van der Waals surface area contributed by atoms with Gasteiger partial charge in [-0.1, -0.05) is 44.2 Å². The zero-order valence-corrected chi connectivity index (χ0v) is 31.7. The Kier molecular flexibility index (Phi) is 19.5. The Hall–Kier alpha value is -5.67. The summed E-state index contributed by atoms with van der Waals surface area (Å²) in [6.07, 6.45) is -1.51. The van der Waals surface area contributed by atoms with E-state index in [1.807, 2.05) is 25.2 Å². The Balaban J connectivity index is 2.26. The lowest BCUT2D eigenvalue weighted by Gasteiger charge is -2.31. The molecule has 1 aliphatic rings. The summed E-state index contributed by atoms with van der Waals surface area (Å²) in [4.78, 5) is 115. The standard InChI is InChI=1S/C36H53N7O14/c1-19(2)15-24(40-30(50)21(37)16-20-7-4-3-5-8-20)35(55)43-14-6-9-27(43)34(54)39-23(11-13-29(48)49)31(51)38-22(10-12-28(46)47)32(52)41-25(17-44)33(53)42-26(18-45)36(56)57/h3-5,7-8,19,21-27,44-45H,6,9-18,37H2,1-2H3,(H,38,51)(H,39,54)(H,40,50)(H,41,52)(H,42,53)(H,46,47)(H,48,49)(H,56,57)/t21-,22-,23-,24-,25-,26-,27-/m0/s1. The number of aliphatic hydroxyl groups excluding tert-OH is 2. The normalized spacial score (nSPS) is 16.9. The molecule has 1 fully saturated rings. The fourth-order valence-corrected chi connectivity index (χ4v) is 5.97. The summed E-state index contributed by atoms with van der Waals surface area (Å²) in [6, 6.07) is -1.13. The maximum Gasteiger partial charge on any atom is 0.328 e. The van der Waals surface area contributed by atoms with E-state index in [1.165, 1.54) is 4.90 Å². The minimum absolute atomic E-state index is 0.0703. The molecule has 0 aliphatic carbocycles. The van der Waals surface area contributed by atoms with E-state index >= 15 is 0 Å². The van der Waals surface area contributed by atoms with Gasteiger partial charge < -0.3 is 62.8 Å². The van der Waals surface area contributed by atoms with Crippen LogP contribution in [0.2, 0.25) is 0 Å². The van der Waals surface area contributed by atoms with Crippen LogP contribution in [0.4, 0.5) is 0 Å². The van der Waals surface area contributed by atoms with Crippen LogP contribution in [0.1, 0.15) is 64.4 Å². The third kappa shape index (κ3) is 15.8. The number of aliphatic carboxylic acids is 3. The molecule has 316 valence electrons. The average molecular weight is 808 g/mol. The number of hydrogen-bond donors (Lipinski definition) is 11. The van der Waals surface area contributed by atoms with E-state index in [0.29, 0.717) is 6.42 Å². The molecule has 1 aromatic carbocycles. The lowest BCUT2D eigenvalue weighted by molar-refractivity contribution is -0.144. The van der Waals surface area contributed by atoms with Gasteiger partial charge in [-0.25, -0.2) is 4.79 Å². The predicted octanol–water partition coefficient (Wildman–Crippen LogP) is -3.18. The molecular weight excluding hydrogens is 754 g/mol. The topological polar surface area (TPSA) is 344 Å². The van der Waals surface area contributed by atoms with E-state index in [1.54, 1.807) is 24.3 Å². The third-order valence-corrected chi connectivity index (χ3v) is 8.97. The van der Waals surface area contributed by atoms with Gasteiger partial charge in [0.2, 0.25) is 35.4 Å². The number of rotatable bonds is 24.